The van der Waals surface area contributed by atoms with Crippen LogP contribution >= 0.6 is 0 Å². The lowest BCUT2D eigenvalue weighted by Crippen LogP contribution is -2.42. The topological polar surface area (TPSA) is 61.0 Å². The molecule has 7 heteroatoms. The van der Waals surface area contributed by atoms with Gasteiger partial charge in [0.2, 0.25) is 0 Å². The first-order valence-electron chi connectivity index (χ1n) is 11.5. The Hall–Kier alpha value is -3.76. The molecule has 4 aromatic rings. The monoisotopic (exact) mass is 454 g/mol. The van der Waals surface area contributed by atoms with Crippen LogP contribution in [0.5, 0.6) is 0 Å². The number of aryl methyl sites for hydroxylation is 1. The molecule has 0 N–H and O–H groups in total. The highest BCUT2D eigenvalue weighted by atomic mass is 19.1. The fourth-order valence-electron chi connectivity index (χ4n) is 4.78. The summed E-state index contributed by atoms with van der Waals surface area (Å²) < 4.78 is 16.4. The van der Waals surface area contributed by atoms with Crippen LogP contribution in [-0.4, -0.2) is 52.9 Å². The first kappa shape index (κ1) is 22.1. The number of aromatic nitrogens is 3. The quantitative estimate of drug-likeness (QED) is 0.441. The third kappa shape index (κ3) is 4.13. The average molecular weight is 455 g/mol. The van der Waals surface area contributed by atoms with Gasteiger partial charge < -0.3 is 9.80 Å². The molecular weight excluding hydrogens is 427 g/mol. The third-order valence-corrected chi connectivity index (χ3v) is 6.73. The zero-order valence-electron chi connectivity index (χ0n) is 19.7. The van der Waals surface area contributed by atoms with E-state index in [1.165, 1.54) is 12.1 Å². The number of hydrogen-bond donors (Lipinski definition) is 0. The first-order chi connectivity index (χ1) is 16.4. The normalized spacial score (nSPS) is 14.6. The molecule has 5 rings (SSSR count). The van der Waals surface area contributed by atoms with Gasteiger partial charge in [0.15, 0.2) is 0 Å². The summed E-state index contributed by atoms with van der Waals surface area (Å²) in [6.07, 6.45) is 6.07. The van der Waals surface area contributed by atoms with Gasteiger partial charge in [-0.15, -0.1) is 0 Å². The van der Waals surface area contributed by atoms with Gasteiger partial charge in [0.05, 0.1) is 28.7 Å². The molecule has 1 aliphatic heterocycles. The van der Waals surface area contributed by atoms with Crippen LogP contribution in [0.25, 0.3) is 33.3 Å². The van der Waals surface area contributed by atoms with Gasteiger partial charge in [-0.3, -0.25) is 9.67 Å². The van der Waals surface area contributed by atoms with E-state index in [0.717, 1.165) is 59.3 Å². The molecular formula is C27H27FN6. The van der Waals surface area contributed by atoms with E-state index in [1.54, 1.807) is 10.7 Å². The second-order valence-electron chi connectivity index (χ2n) is 9.15. The fraction of sp³-hybridized carbons (Fsp3) is 0.296. The van der Waals surface area contributed by atoms with Gasteiger partial charge in [-0.25, -0.2) is 4.39 Å². The molecule has 0 saturated carbocycles. The second-order valence-corrected chi connectivity index (χ2v) is 9.15. The van der Waals surface area contributed by atoms with Crippen molar-refractivity contribution in [3.8, 4) is 28.5 Å². The van der Waals surface area contributed by atoms with Crippen molar-refractivity contribution in [2.45, 2.75) is 18.9 Å². The van der Waals surface area contributed by atoms with Crippen molar-refractivity contribution in [2.75, 3.05) is 32.1 Å². The Balaban J connectivity index is 1.59. The molecule has 0 radical (unpaired) electrons. The van der Waals surface area contributed by atoms with Crippen LogP contribution in [0, 0.1) is 17.1 Å². The molecule has 0 spiro atoms. The predicted octanol–water partition coefficient (Wildman–Crippen LogP) is 4.84. The summed E-state index contributed by atoms with van der Waals surface area (Å²) in [5.41, 5.74) is 5.17. The molecule has 6 nitrogen and oxygen atoms in total. The minimum atomic E-state index is -0.525. The summed E-state index contributed by atoms with van der Waals surface area (Å²) in [5, 5.41) is 14.8. The van der Waals surface area contributed by atoms with E-state index in [1.807, 2.05) is 43.7 Å². The maximum absolute atomic E-state index is 14.6. The molecule has 0 unspecified atom stereocenters. The maximum atomic E-state index is 14.6. The Kier molecular flexibility index (Phi) is 5.76. The van der Waals surface area contributed by atoms with Gasteiger partial charge in [0, 0.05) is 48.9 Å². The Bertz CT molecular complexity index is 1390. The van der Waals surface area contributed by atoms with E-state index in [9.17, 15) is 4.39 Å². The van der Waals surface area contributed by atoms with Crippen LogP contribution in [0.1, 0.15) is 18.4 Å². The lowest BCUT2D eigenvalue weighted by molar-refractivity contribution is 0.249. The van der Waals surface area contributed by atoms with Crippen molar-refractivity contribution < 1.29 is 4.39 Å². The third-order valence-electron chi connectivity index (χ3n) is 6.73. The average Bonchev–Trinajstić information content (AvgIpc) is 3.23. The minimum Gasteiger partial charge on any atom is -0.370 e. The van der Waals surface area contributed by atoms with E-state index in [-0.39, 0.29) is 5.56 Å². The maximum Gasteiger partial charge on any atom is 0.141 e. The summed E-state index contributed by atoms with van der Waals surface area (Å²) in [5.74, 6) is -0.525. The van der Waals surface area contributed by atoms with Gasteiger partial charge in [-0.05, 0) is 56.8 Å². The van der Waals surface area contributed by atoms with Crippen LogP contribution in [0.2, 0.25) is 0 Å². The number of fused-ring (bicyclic) bond motifs is 1. The number of rotatable bonds is 4. The van der Waals surface area contributed by atoms with Crippen molar-refractivity contribution in [3.63, 3.8) is 0 Å². The highest BCUT2D eigenvalue weighted by Crippen LogP contribution is 2.36. The van der Waals surface area contributed by atoms with Crippen molar-refractivity contribution in [3.05, 3.63) is 66.2 Å². The lowest BCUT2D eigenvalue weighted by atomic mass is 9.96. The van der Waals surface area contributed by atoms with Gasteiger partial charge in [0.25, 0.3) is 0 Å². The molecule has 0 aliphatic carbocycles. The minimum absolute atomic E-state index is 0.0371. The van der Waals surface area contributed by atoms with E-state index >= 15 is 0 Å². The molecule has 1 fully saturated rings. The van der Waals surface area contributed by atoms with E-state index in [4.69, 9.17) is 10.2 Å². The Morgan fingerprint density at radius 3 is 2.53 bits per heavy atom. The number of pyridine rings is 1. The summed E-state index contributed by atoms with van der Waals surface area (Å²) in [7, 11) is 6.16. The van der Waals surface area contributed by atoms with Crippen LogP contribution in [-0.2, 0) is 7.05 Å². The van der Waals surface area contributed by atoms with Crippen molar-refractivity contribution >= 4 is 16.6 Å². The fourth-order valence-corrected chi connectivity index (χ4v) is 4.78. The van der Waals surface area contributed by atoms with Crippen LogP contribution < -0.4 is 4.90 Å². The van der Waals surface area contributed by atoms with Gasteiger partial charge in [-0.2, -0.15) is 10.4 Å². The standard InChI is InChI=1S/C27H27FN6/c1-32(2)22-8-10-34(11-9-22)23-14-24(18-4-6-20(15-29)25(28)12-18)27(30-16-23)19-5-7-21-17-33(3)31-26(21)13-19/h4-7,12-14,16-17,22H,8-11H2,1-3H3. The van der Waals surface area contributed by atoms with Crippen molar-refractivity contribution in [1.82, 2.24) is 19.7 Å². The summed E-state index contributed by atoms with van der Waals surface area (Å²) in [6.45, 7) is 1.90. The van der Waals surface area contributed by atoms with Crippen LogP contribution in [0.3, 0.4) is 0 Å². The molecule has 0 bridgehead atoms. The molecule has 172 valence electrons. The largest absolute Gasteiger partial charge is 0.370 e. The molecule has 1 aliphatic rings. The summed E-state index contributed by atoms with van der Waals surface area (Å²) in [4.78, 5) is 9.50. The molecule has 0 atom stereocenters. The molecule has 0 amide bonds. The lowest BCUT2D eigenvalue weighted by Gasteiger charge is -2.36. The molecule has 1 saturated heterocycles. The zero-order chi connectivity index (χ0) is 23.8. The van der Waals surface area contributed by atoms with Crippen LogP contribution in [0.4, 0.5) is 10.1 Å². The molecule has 2 aromatic carbocycles. The molecule has 3 heterocycles. The first-order valence-corrected chi connectivity index (χ1v) is 11.5. The number of piperidine rings is 1. The second kappa shape index (κ2) is 8.88. The summed E-state index contributed by atoms with van der Waals surface area (Å²) in [6, 6.07) is 15.4. The van der Waals surface area contributed by atoms with E-state index < -0.39 is 5.82 Å². The number of nitriles is 1. The smallest absolute Gasteiger partial charge is 0.141 e. The number of nitrogens with zero attached hydrogens (tertiary/aromatic N) is 6. The Labute approximate surface area is 198 Å². The van der Waals surface area contributed by atoms with E-state index in [2.05, 4.69) is 35.1 Å². The summed E-state index contributed by atoms with van der Waals surface area (Å²) >= 11 is 0. The Morgan fingerprint density at radius 1 is 1.06 bits per heavy atom. The number of hydrogen-bond acceptors (Lipinski definition) is 5. The molecule has 2 aromatic heterocycles. The number of halogens is 1. The highest BCUT2D eigenvalue weighted by Gasteiger charge is 2.22. The van der Waals surface area contributed by atoms with Crippen LogP contribution in [0.15, 0.2) is 54.9 Å². The number of benzene rings is 2. The zero-order valence-corrected chi connectivity index (χ0v) is 19.7. The predicted molar refractivity (Wildman–Crippen MR) is 133 cm³/mol. The number of anilines is 1. The van der Waals surface area contributed by atoms with Gasteiger partial charge in [-0.1, -0.05) is 18.2 Å². The highest BCUT2D eigenvalue weighted by molar-refractivity contribution is 5.89. The van der Waals surface area contributed by atoms with Crippen molar-refractivity contribution in [2.24, 2.45) is 7.05 Å². The Morgan fingerprint density at radius 2 is 1.82 bits per heavy atom. The SMILES string of the molecule is CN(C)C1CCN(c2cnc(-c3ccc4cn(C)nc4c3)c(-c3ccc(C#N)c(F)c3)c2)CC1. The van der Waals surface area contributed by atoms with Gasteiger partial charge >= 0.3 is 0 Å². The molecule has 34 heavy (non-hydrogen) atoms. The van der Waals surface area contributed by atoms with Crippen molar-refractivity contribution in [1.29, 1.82) is 5.26 Å². The van der Waals surface area contributed by atoms with E-state index in [0.29, 0.717) is 11.6 Å². The van der Waals surface area contributed by atoms with Gasteiger partial charge in [0.1, 0.15) is 11.9 Å².